The summed E-state index contributed by atoms with van der Waals surface area (Å²) in [5.41, 5.74) is 1.31. The van der Waals surface area contributed by atoms with E-state index in [4.69, 9.17) is 0 Å². The summed E-state index contributed by atoms with van der Waals surface area (Å²) in [7, 11) is -1.89. The van der Waals surface area contributed by atoms with Crippen molar-refractivity contribution in [3.8, 4) is 0 Å². The van der Waals surface area contributed by atoms with Crippen molar-refractivity contribution >= 4 is 34.0 Å². The third-order valence-corrected chi connectivity index (χ3v) is 6.38. The first-order valence-corrected chi connectivity index (χ1v) is 9.82. The molecule has 8 nitrogen and oxygen atoms in total. The highest BCUT2D eigenvalue weighted by molar-refractivity contribution is 7.89. The number of aromatic nitrogens is 2. The molecule has 1 fully saturated rings. The van der Waals surface area contributed by atoms with E-state index in [0.717, 1.165) is 5.56 Å². The molecule has 1 aromatic heterocycles. The Bertz CT molecular complexity index is 928. The van der Waals surface area contributed by atoms with Crippen molar-refractivity contribution in [2.45, 2.75) is 24.8 Å². The molecule has 1 amide bonds. The number of benzene rings is 1. The molecular weight excluding hydrogens is 390 g/mol. The van der Waals surface area contributed by atoms with Crippen molar-refractivity contribution in [1.29, 1.82) is 0 Å². The number of amides is 1. The van der Waals surface area contributed by atoms with Gasteiger partial charge in [0, 0.05) is 51.7 Å². The standard InChI is InChI=1S/C17H23N5O3S.ClH/c1-12-4-5-14(10-15(12)20-13(2)23)26(24,25)22-9-6-18-11-16(22)17-19-7-8-21(17)3;/h4-5,7-8,10,16,18H,6,9,11H2,1-3H3,(H,20,23);1H. The molecule has 2 heterocycles. The number of halogens is 1. The Morgan fingerprint density at radius 3 is 2.74 bits per heavy atom. The molecule has 2 N–H and O–H groups in total. The van der Waals surface area contributed by atoms with Gasteiger partial charge in [-0.3, -0.25) is 4.79 Å². The van der Waals surface area contributed by atoms with Crippen LogP contribution >= 0.6 is 12.4 Å². The molecule has 0 bridgehead atoms. The third-order valence-electron chi connectivity index (χ3n) is 4.48. The molecule has 1 aliphatic rings. The van der Waals surface area contributed by atoms with E-state index in [0.29, 0.717) is 31.1 Å². The highest BCUT2D eigenvalue weighted by Gasteiger charge is 2.36. The van der Waals surface area contributed by atoms with Gasteiger partial charge in [-0.1, -0.05) is 6.07 Å². The van der Waals surface area contributed by atoms with Crippen LogP contribution < -0.4 is 10.6 Å². The summed E-state index contributed by atoms with van der Waals surface area (Å²) in [5.74, 6) is 0.450. The van der Waals surface area contributed by atoms with Gasteiger partial charge in [-0.25, -0.2) is 13.4 Å². The van der Waals surface area contributed by atoms with Gasteiger partial charge in [0.25, 0.3) is 0 Å². The van der Waals surface area contributed by atoms with E-state index >= 15 is 0 Å². The van der Waals surface area contributed by atoms with Gasteiger partial charge in [0.15, 0.2) is 0 Å². The second kappa shape index (κ2) is 8.39. The lowest BCUT2D eigenvalue weighted by Gasteiger charge is -2.34. The summed E-state index contributed by atoms with van der Waals surface area (Å²) < 4.78 is 29.9. The molecule has 0 spiro atoms. The van der Waals surface area contributed by atoms with Crippen LogP contribution in [0.1, 0.15) is 24.4 Å². The van der Waals surface area contributed by atoms with Crippen LogP contribution in [-0.2, 0) is 21.9 Å². The van der Waals surface area contributed by atoms with E-state index < -0.39 is 10.0 Å². The van der Waals surface area contributed by atoms with E-state index in [9.17, 15) is 13.2 Å². The number of hydrogen-bond acceptors (Lipinski definition) is 5. The fourth-order valence-electron chi connectivity index (χ4n) is 3.11. The summed E-state index contributed by atoms with van der Waals surface area (Å²) in [4.78, 5) is 15.9. The number of carbonyl (C=O) groups excluding carboxylic acids is 1. The van der Waals surface area contributed by atoms with Crippen molar-refractivity contribution in [2.75, 3.05) is 25.0 Å². The number of hydrogen-bond donors (Lipinski definition) is 2. The van der Waals surface area contributed by atoms with Crippen LogP contribution in [0.2, 0.25) is 0 Å². The zero-order valence-electron chi connectivity index (χ0n) is 15.5. The van der Waals surface area contributed by atoms with Crippen LogP contribution in [0, 0.1) is 6.92 Å². The lowest BCUT2D eigenvalue weighted by molar-refractivity contribution is -0.114. The van der Waals surface area contributed by atoms with Gasteiger partial charge >= 0.3 is 0 Å². The highest BCUT2D eigenvalue weighted by atomic mass is 35.5. The molecule has 27 heavy (non-hydrogen) atoms. The number of sulfonamides is 1. The maximum absolute atomic E-state index is 13.3. The largest absolute Gasteiger partial charge is 0.337 e. The summed E-state index contributed by atoms with van der Waals surface area (Å²) >= 11 is 0. The molecule has 1 aromatic carbocycles. The highest BCUT2D eigenvalue weighted by Crippen LogP contribution is 2.30. The summed E-state index contributed by atoms with van der Waals surface area (Å²) in [5, 5.41) is 5.92. The van der Waals surface area contributed by atoms with Crippen molar-refractivity contribution in [3.05, 3.63) is 42.0 Å². The first-order valence-electron chi connectivity index (χ1n) is 8.38. The minimum Gasteiger partial charge on any atom is -0.337 e. The van der Waals surface area contributed by atoms with Crippen molar-refractivity contribution in [1.82, 2.24) is 19.2 Å². The van der Waals surface area contributed by atoms with Crippen LogP contribution in [0.5, 0.6) is 0 Å². The number of nitrogens with one attached hydrogen (secondary N) is 2. The number of aryl methyl sites for hydroxylation is 2. The molecule has 3 rings (SSSR count). The first kappa shape index (κ1) is 21.4. The molecule has 1 unspecified atom stereocenters. The molecule has 148 valence electrons. The predicted octanol–water partition coefficient (Wildman–Crippen LogP) is 1.44. The second-order valence-electron chi connectivity index (χ2n) is 6.39. The van der Waals surface area contributed by atoms with Crippen LogP contribution in [0.15, 0.2) is 35.5 Å². The summed E-state index contributed by atoms with van der Waals surface area (Å²) in [6.07, 6.45) is 3.46. The van der Waals surface area contributed by atoms with Crippen LogP contribution in [0.25, 0.3) is 0 Å². The number of piperazine rings is 1. The Hall–Kier alpha value is -1.94. The molecule has 1 aliphatic heterocycles. The van der Waals surface area contributed by atoms with Crippen LogP contribution in [-0.4, -0.2) is 47.8 Å². The van der Waals surface area contributed by atoms with Gasteiger partial charge in [0.05, 0.1) is 10.9 Å². The van der Waals surface area contributed by atoms with Gasteiger partial charge < -0.3 is 15.2 Å². The fourth-order valence-corrected chi connectivity index (χ4v) is 4.73. The SMILES string of the molecule is CC(=O)Nc1cc(S(=O)(=O)N2CCNCC2c2nccn2C)ccc1C.Cl. The minimum atomic E-state index is -3.74. The zero-order valence-corrected chi connectivity index (χ0v) is 17.1. The number of rotatable bonds is 4. The number of anilines is 1. The Morgan fingerprint density at radius 2 is 2.11 bits per heavy atom. The lowest BCUT2D eigenvalue weighted by Crippen LogP contribution is -2.49. The average Bonchev–Trinajstić information content (AvgIpc) is 3.02. The Kier molecular flexibility index (Phi) is 6.63. The maximum atomic E-state index is 13.3. The third kappa shape index (κ3) is 4.32. The monoisotopic (exact) mass is 413 g/mol. The predicted molar refractivity (Wildman–Crippen MR) is 105 cm³/mol. The summed E-state index contributed by atoms with van der Waals surface area (Å²) in [6, 6.07) is 4.41. The topological polar surface area (TPSA) is 96.3 Å². The normalized spacial score (nSPS) is 18.0. The maximum Gasteiger partial charge on any atom is 0.243 e. The fraction of sp³-hybridized carbons (Fsp3) is 0.412. The number of imidazole rings is 1. The molecule has 0 aliphatic carbocycles. The smallest absolute Gasteiger partial charge is 0.243 e. The lowest BCUT2D eigenvalue weighted by atomic mass is 10.2. The van der Waals surface area contributed by atoms with E-state index in [2.05, 4.69) is 15.6 Å². The quantitative estimate of drug-likeness (QED) is 0.790. The van der Waals surface area contributed by atoms with E-state index in [-0.39, 0.29) is 29.3 Å². The van der Waals surface area contributed by atoms with E-state index in [1.807, 2.05) is 18.5 Å². The number of carbonyl (C=O) groups is 1. The van der Waals surface area contributed by atoms with Crippen molar-refractivity contribution in [2.24, 2.45) is 7.05 Å². The van der Waals surface area contributed by atoms with Crippen LogP contribution in [0.3, 0.4) is 0 Å². The van der Waals surface area contributed by atoms with Crippen molar-refractivity contribution in [3.63, 3.8) is 0 Å². The Labute approximate surface area is 165 Å². The zero-order chi connectivity index (χ0) is 18.9. The molecule has 2 aromatic rings. The number of nitrogens with zero attached hydrogens (tertiary/aromatic N) is 3. The Balaban J connectivity index is 0.00000261. The van der Waals surface area contributed by atoms with Crippen LogP contribution in [0.4, 0.5) is 5.69 Å². The minimum absolute atomic E-state index is 0. The molecule has 1 atom stereocenters. The van der Waals surface area contributed by atoms with Gasteiger partial charge in [-0.15, -0.1) is 12.4 Å². The van der Waals surface area contributed by atoms with Gasteiger partial charge in [0.1, 0.15) is 5.82 Å². The summed E-state index contributed by atoms with van der Waals surface area (Å²) in [6.45, 7) is 4.64. The average molecular weight is 414 g/mol. The molecule has 1 saturated heterocycles. The van der Waals surface area contributed by atoms with E-state index in [1.165, 1.54) is 17.3 Å². The van der Waals surface area contributed by atoms with Gasteiger partial charge in [0.2, 0.25) is 15.9 Å². The molecule has 10 heteroatoms. The van der Waals surface area contributed by atoms with Gasteiger partial charge in [-0.05, 0) is 24.6 Å². The second-order valence-corrected chi connectivity index (χ2v) is 8.28. The molecular formula is C17H24ClN5O3S. The van der Waals surface area contributed by atoms with E-state index in [1.54, 1.807) is 24.5 Å². The molecule has 0 radical (unpaired) electrons. The van der Waals surface area contributed by atoms with Gasteiger partial charge in [-0.2, -0.15) is 4.31 Å². The first-order chi connectivity index (χ1) is 12.3. The molecule has 0 saturated carbocycles. The Morgan fingerprint density at radius 1 is 1.37 bits per heavy atom. The van der Waals surface area contributed by atoms with Crippen molar-refractivity contribution < 1.29 is 13.2 Å².